The molecule has 0 amide bonds. The lowest BCUT2D eigenvalue weighted by Crippen LogP contribution is -2.32. The van der Waals surface area contributed by atoms with E-state index >= 15 is 0 Å². The highest BCUT2D eigenvalue weighted by atomic mass is 19.1. The van der Waals surface area contributed by atoms with Crippen molar-refractivity contribution >= 4 is 5.82 Å². The van der Waals surface area contributed by atoms with Gasteiger partial charge in [-0.25, -0.2) is 9.37 Å². The number of hydrogen-bond acceptors (Lipinski definition) is 3. The number of aromatic nitrogens is 1. The number of rotatable bonds is 3. The van der Waals surface area contributed by atoms with Crippen LogP contribution in [0.3, 0.4) is 0 Å². The first-order valence-corrected chi connectivity index (χ1v) is 6.88. The average Bonchev–Trinajstić information content (AvgIpc) is 2.47. The normalized spacial score (nSPS) is 14.2. The fourth-order valence-corrected chi connectivity index (χ4v) is 2.76. The fourth-order valence-electron chi connectivity index (χ4n) is 2.76. The minimum absolute atomic E-state index is 0.281. The highest BCUT2D eigenvalue weighted by molar-refractivity contribution is 5.50. The molecule has 0 fully saturated rings. The zero-order chi connectivity index (χ0) is 13.9. The van der Waals surface area contributed by atoms with Gasteiger partial charge in [0.2, 0.25) is 0 Å². The standard InChI is InChI=1S/C16H18FN3/c1-18-9-14-8-15(17)10-19-16(14)20-7-6-12-4-2-3-5-13(12)11-20/h2-5,8,10,18H,6-7,9,11H2,1H3. The lowest BCUT2D eigenvalue weighted by Gasteiger charge is -2.31. The molecule has 0 aliphatic carbocycles. The predicted octanol–water partition coefficient (Wildman–Crippen LogP) is 2.50. The van der Waals surface area contributed by atoms with E-state index in [1.54, 1.807) is 6.07 Å². The molecular weight excluding hydrogens is 253 g/mol. The maximum Gasteiger partial charge on any atom is 0.141 e. The molecular formula is C16H18FN3. The second kappa shape index (κ2) is 5.59. The molecule has 3 rings (SSSR count). The Balaban J connectivity index is 1.91. The topological polar surface area (TPSA) is 28.2 Å². The summed E-state index contributed by atoms with van der Waals surface area (Å²) in [7, 11) is 1.86. The minimum Gasteiger partial charge on any atom is -0.352 e. The Labute approximate surface area is 118 Å². The van der Waals surface area contributed by atoms with E-state index in [1.165, 1.54) is 17.3 Å². The zero-order valence-corrected chi connectivity index (χ0v) is 11.6. The van der Waals surface area contributed by atoms with Crippen molar-refractivity contribution in [3.8, 4) is 0 Å². The van der Waals surface area contributed by atoms with Gasteiger partial charge in [-0.2, -0.15) is 0 Å². The quantitative estimate of drug-likeness (QED) is 0.929. The summed E-state index contributed by atoms with van der Waals surface area (Å²) in [6, 6.07) is 10.0. The van der Waals surface area contributed by atoms with Crippen molar-refractivity contribution in [1.29, 1.82) is 0 Å². The second-order valence-corrected chi connectivity index (χ2v) is 5.11. The van der Waals surface area contributed by atoms with E-state index in [4.69, 9.17) is 0 Å². The van der Waals surface area contributed by atoms with Crippen molar-refractivity contribution in [1.82, 2.24) is 10.3 Å². The first-order valence-electron chi connectivity index (χ1n) is 6.88. The lowest BCUT2D eigenvalue weighted by atomic mass is 9.99. The molecule has 20 heavy (non-hydrogen) atoms. The third-order valence-electron chi connectivity index (χ3n) is 3.71. The van der Waals surface area contributed by atoms with E-state index < -0.39 is 0 Å². The van der Waals surface area contributed by atoms with Gasteiger partial charge in [-0.15, -0.1) is 0 Å². The van der Waals surface area contributed by atoms with Crippen LogP contribution in [0.1, 0.15) is 16.7 Å². The van der Waals surface area contributed by atoms with Gasteiger partial charge in [0.05, 0.1) is 6.20 Å². The van der Waals surface area contributed by atoms with Crippen molar-refractivity contribution in [3.05, 3.63) is 59.0 Å². The van der Waals surface area contributed by atoms with Crippen LogP contribution in [0.25, 0.3) is 0 Å². The van der Waals surface area contributed by atoms with E-state index in [2.05, 4.69) is 39.5 Å². The van der Waals surface area contributed by atoms with Gasteiger partial charge < -0.3 is 10.2 Å². The number of hydrogen-bond donors (Lipinski definition) is 1. The van der Waals surface area contributed by atoms with Gasteiger partial charge in [0.1, 0.15) is 11.6 Å². The molecule has 3 nitrogen and oxygen atoms in total. The predicted molar refractivity (Wildman–Crippen MR) is 78.2 cm³/mol. The average molecular weight is 271 g/mol. The highest BCUT2D eigenvalue weighted by Gasteiger charge is 2.19. The van der Waals surface area contributed by atoms with Crippen LogP contribution in [0.5, 0.6) is 0 Å². The monoisotopic (exact) mass is 271 g/mol. The van der Waals surface area contributed by atoms with Crippen molar-refractivity contribution in [2.24, 2.45) is 0 Å². The Morgan fingerprint density at radius 2 is 2.10 bits per heavy atom. The third kappa shape index (κ3) is 2.51. The van der Waals surface area contributed by atoms with Crippen LogP contribution in [0, 0.1) is 5.82 Å². The van der Waals surface area contributed by atoms with Gasteiger partial charge in [-0.3, -0.25) is 0 Å². The van der Waals surface area contributed by atoms with Gasteiger partial charge in [0.15, 0.2) is 0 Å². The number of nitrogens with one attached hydrogen (secondary N) is 1. The van der Waals surface area contributed by atoms with Crippen molar-refractivity contribution in [2.75, 3.05) is 18.5 Å². The van der Waals surface area contributed by atoms with Gasteiger partial charge in [0, 0.05) is 25.2 Å². The molecule has 1 aromatic heterocycles. The first-order chi connectivity index (χ1) is 9.78. The smallest absolute Gasteiger partial charge is 0.141 e. The summed E-state index contributed by atoms with van der Waals surface area (Å²) in [5.41, 5.74) is 3.65. The number of fused-ring (bicyclic) bond motifs is 1. The van der Waals surface area contributed by atoms with Gasteiger partial charge in [-0.05, 0) is 30.7 Å². The SMILES string of the molecule is CNCc1cc(F)cnc1N1CCc2ccccc2C1. The Hall–Kier alpha value is -1.94. The van der Waals surface area contributed by atoms with Crippen LogP contribution in [-0.2, 0) is 19.5 Å². The molecule has 1 N–H and O–H groups in total. The molecule has 0 spiro atoms. The fraction of sp³-hybridized carbons (Fsp3) is 0.312. The minimum atomic E-state index is -0.281. The molecule has 1 aliphatic rings. The molecule has 104 valence electrons. The van der Waals surface area contributed by atoms with Crippen LogP contribution >= 0.6 is 0 Å². The molecule has 4 heteroatoms. The number of benzene rings is 1. The molecule has 2 aromatic rings. The maximum absolute atomic E-state index is 13.4. The Morgan fingerprint density at radius 1 is 1.30 bits per heavy atom. The summed E-state index contributed by atoms with van der Waals surface area (Å²) in [5.74, 6) is 0.603. The summed E-state index contributed by atoms with van der Waals surface area (Å²) < 4.78 is 13.4. The van der Waals surface area contributed by atoms with E-state index in [1.807, 2.05) is 7.05 Å². The summed E-state index contributed by atoms with van der Waals surface area (Å²) in [5, 5.41) is 3.08. The van der Waals surface area contributed by atoms with Crippen LogP contribution in [-0.4, -0.2) is 18.6 Å². The molecule has 0 unspecified atom stereocenters. The van der Waals surface area contributed by atoms with Crippen LogP contribution in [0.4, 0.5) is 10.2 Å². The Morgan fingerprint density at radius 3 is 2.90 bits per heavy atom. The molecule has 2 heterocycles. The number of nitrogens with zero attached hydrogens (tertiary/aromatic N) is 2. The number of pyridine rings is 1. The molecule has 0 saturated carbocycles. The summed E-state index contributed by atoms with van der Waals surface area (Å²) >= 11 is 0. The number of halogens is 1. The van der Waals surface area contributed by atoms with E-state index in [-0.39, 0.29) is 5.82 Å². The highest BCUT2D eigenvalue weighted by Crippen LogP contribution is 2.25. The van der Waals surface area contributed by atoms with Crippen molar-refractivity contribution in [2.45, 2.75) is 19.5 Å². The molecule has 0 bridgehead atoms. The van der Waals surface area contributed by atoms with E-state index in [0.29, 0.717) is 6.54 Å². The molecule has 1 aromatic carbocycles. The maximum atomic E-state index is 13.4. The summed E-state index contributed by atoms with van der Waals surface area (Å²) in [4.78, 5) is 6.53. The molecule has 0 saturated heterocycles. The largest absolute Gasteiger partial charge is 0.352 e. The van der Waals surface area contributed by atoms with Gasteiger partial charge >= 0.3 is 0 Å². The van der Waals surface area contributed by atoms with Crippen LogP contribution < -0.4 is 10.2 Å². The van der Waals surface area contributed by atoms with Crippen molar-refractivity contribution < 1.29 is 4.39 Å². The molecule has 0 radical (unpaired) electrons. The van der Waals surface area contributed by atoms with E-state index in [0.717, 1.165) is 30.9 Å². The van der Waals surface area contributed by atoms with Crippen LogP contribution in [0.15, 0.2) is 36.5 Å². The van der Waals surface area contributed by atoms with Crippen LogP contribution in [0.2, 0.25) is 0 Å². The summed E-state index contributed by atoms with van der Waals surface area (Å²) in [6.45, 7) is 2.39. The Bertz CT molecular complexity index is 612. The zero-order valence-electron chi connectivity index (χ0n) is 11.6. The van der Waals surface area contributed by atoms with E-state index in [9.17, 15) is 4.39 Å². The van der Waals surface area contributed by atoms with Gasteiger partial charge in [0.25, 0.3) is 0 Å². The molecule has 1 aliphatic heterocycles. The summed E-state index contributed by atoms with van der Waals surface area (Å²) in [6.07, 6.45) is 2.31. The number of anilines is 1. The third-order valence-corrected chi connectivity index (χ3v) is 3.71. The van der Waals surface area contributed by atoms with Crippen molar-refractivity contribution in [3.63, 3.8) is 0 Å². The van der Waals surface area contributed by atoms with Gasteiger partial charge in [-0.1, -0.05) is 24.3 Å². The second-order valence-electron chi connectivity index (χ2n) is 5.11. The lowest BCUT2D eigenvalue weighted by molar-refractivity contribution is 0.612. The molecule has 0 atom stereocenters. The Kier molecular flexibility index (Phi) is 3.65. The first kappa shape index (κ1) is 13.1.